The van der Waals surface area contributed by atoms with Gasteiger partial charge in [0.15, 0.2) is 5.82 Å². The van der Waals surface area contributed by atoms with Crippen LogP contribution in [0.25, 0.3) is 11.5 Å². The molecule has 1 atom stereocenters. The number of halogens is 2. The van der Waals surface area contributed by atoms with Gasteiger partial charge in [-0.15, -0.1) is 0 Å². The van der Waals surface area contributed by atoms with Crippen molar-refractivity contribution in [1.29, 1.82) is 0 Å². The van der Waals surface area contributed by atoms with Gasteiger partial charge in [-0.1, -0.05) is 32.7 Å². The fourth-order valence-corrected chi connectivity index (χ4v) is 2.28. The van der Waals surface area contributed by atoms with Crippen LogP contribution < -0.4 is 5.73 Å². The number of benzene rings is 1. The minimum atomic E-state index is -0.427. The predicted octanol–water partition coefficient (Wildman–Crippen LogP) is 3.58. The lowest BCUT2D eigenvalue weighted by Gasteiger charge is -2.10. The number of ether oxygens (including phenoxy) is 1. The molecule has 2 aromatic rings. The molecule has 2 rings (SSSR count). The van der Waals surface area contributed by atoms with Crippen LogP contribution in [0.4, 0.5) is 0 Å². The lowest BCUT2D eigenvalue weighted by molar-refractivity contribution is 0.0665. The van der Waals surface area contributed by atoms with E-state index in [4.69, 9.17) is 26.6 Å². The third kappa shape index (κ3) is 3.79. The second kappa shape index (κ2) is 6.67. The molecular weight excluding hydrogens is 346 g/mol. The Labute approximate surface area is 130 Å². The third-order valence-corrected chi connectivity index (χ3v) is 3.35. The molecule has 0 aliphatic heterocycles. The van der Waals surface area contributed by atoms with Crippen LogP contribution in [0.2, 0.25) is 5.02 Å². The first-order valence-electron chi connectivity index (χ1n) is 6.13. The molecule has 0 aliphatic carbocycles. The van der Waals surface area contributed by atoms with E-state index >= 15 is 0 Å². The summed E-state index contributed by atoms with van der Waals surface area (Å²) in [7, 11) is 0. The van der Waals surface area contributed by atoms with Crippen molar-refractivity contribution in [2.24, 2.45) is 5.73 Å². The number of hydrogen-bond acceptors (Lipinski definition) is 5. The highest BCUT2D eigenvalue weighted by atomic mass is 79.9. The van der Waals surface area contributed by atoms with E-state index in [1.807, 2.05) is 19.9 Å². The molecule has 108 valence electrons. The van der Waals surface area contributed by atoms with E-state index in [9.17, 15) is 0 Å². The van der Waals surface area contributed by atoms with Crippen molar-refractivity contribution in [3.8, 4) is 11.5 Å². The van der Waals surface area contributed by atoms with Gasteiger partial charge in [-0.05, 0) is 32.0 Å². The zero-order chi connectivity index (χ0) is 14.7. The smallest absolute Gasteiger partial charge is 0.259 e. The van der Waals surface area contributed by atoms with Crippen LogP contribution in [0.5, 0.6) is 0 Å². The molecule has 0 saturated carbocycles. The van der Waals surface area contributed by atoms with E-state index < -0.39 is 6.04 Å². The molecule has 20 heavy (non-hydrogen) atoms. The van der Waals surface area contributed by atoms with Crippen LogP contribution in [0.3, 0.4) is 0 Å². The molecule has 1 unspecified atom stereocenters. The highest BCUT2D eigenvalue weighted by Gasteiger charge is 2.17. The highest BCUT2D eigenvalue weighted by Crippen LogP contribution is 2.29. The average molecular weight is 361 g/mol. The predicted molar refractivity (Wildman–Crippen MR) is 80.5 cm³/mol. The fraction of sp³-hybridized carbons (Fsp3) is 0.385. The lowest BCUT2D eigenvalue weighted by Crippen LogP contribution is -2.20. The summed E-state index contributed by atoms with van der Waals surface area (Å²) in [5.41, 5.74) is 6.62. The number of aromatic nitrogens is 2. The Morgan fingerprint density at radius 3 is 2.85 bits per heavy atom. The van der Waals surface area contributed by atoms with Gasteiger partial charge in [0.1, 0.15) is 0 Å². The van der Waals surface area contributed by atoms with Gasteiger partial charge in [0.25, 0.3) is 5.89 Å². The summed E-state index contributed by atoms with van der Waals surface area (Å²) >= 11 is 9.49. The SMILES string of the molecule is CC(C)OCC(N)c1noc(-c2ccc(Br)cc2Cl)n1. The molecule has 0 spiro atoms. The van der Waals surface area contributed by atoms with Crippen molar-refractivity contribution < 1.29 is 9.26 Å². The topological polar surface area (TPSA) is 74.2 Å². The lowest BCUT2D eigenvalue weighted by atomic mass is 10.2. The number of rotatable bonds is 5. The van der Waals surface area contributed by atoms with Crippen LogP contribution >= 0.6 is 27.5 Å². The Bertz CT molecular complexity index is 589. The Kier molecular flexibility index (Phi) is 5.15. The molecule has 1 aromatic heterocycles. The van der Waals surface area contributed by atoms with Crippen LogP contribution in [0.1, 0.15) is 25.7 Å². The summed E-state index contributed by atoms with van der Waals surface area (Å²) in [6, 6.07) is 5.00. The van der Waals surface area contributed by atoms with E-state index in [2.05, 4.69) is 26.1 Å². The molecule has 0 aliphatic rings. The second-order valence-corrected chi connectivity index (χ2v) is 5.89. The summed E-state index contributed by atoms with van der Waals surface area (Å²) in [4.78, 5) is 4.27. The first-order valence-corrected chi connectivity index (χ1v) is 7.30. The van der Waals surface area contributed by atoms with Gasteiger partial charge >= 0.3 is 0 Å². The molecule has 0 fully saturated rings. The summed E-state index contributed by atoms with van der Waals surface area (Å²) in [6.07, 6.45) is 0.105. The molecular formula is C13H15BrClN3O2. The van der Waals surface area contributed by atoms with E-state index in [1.165, 1.54) is 0 Å². The van der Waals surface area contributed by atoms with E-state index in [0.29, 0.717) is 28.9 Å². The average Bonchev–Trinajstić information content (AvgIpc) is 2.85. The van der Waals surface area contributed by atoms with Crippen molar-refractivity contribution >= 4 is 27.5 Å². The largest absolute Gasteiger partial charge is 0.377 e. The number of hydrogen-bond donors (Lipinski definition) is 1. The first kappa shape index (κ1) is 15.4. The Morgan fingerprint density at radius 1 is 1.45 bits per heavy atom. The van der Waals surface area contributed by atoms with Crippen molar-refractivity contribution in [3.63, 3.8) is 0 Å². The zero-order valence-electron chi connectivity index (χ0n) is 11.1. The van der Waals surface area contributed by atoms with Crippen molar-refractivity contribution in [2.45, 2.75) is 26.0 Å². The van der Waals surface area contributed by atoms with Gasteiger partial charge in [-0.25, -0.2) is 0 Å². The van der Waals surface area contributed by atoms with Gasteiger partial charge < -0.3 is 15.0 Å². The maximum Gasteiger partial charge on any atom is 0.259 e. The monoisotopic (exact) mass is 359 g/mol. The van der Waals surface area contributed by atoms with Crippen LogP contribution in [-0.2, 0) is 4.74 Å². The van der Waals surface area contributed by atoms with Crippen LogP contribution in [0, 0.1) is 0 Å². The Hall–Kier alpha value is -0.950. The number of nitrogens with two attached hydrogens (primary N) is 1. The highest BCUT2D eigenvalue weighted by molar-refractivity contribution is 9.10. The van der Waals surface area contributed by atoms with Gasteiger partial charge in [0.05, 0.1) is 29.3 Å². The maximum absolute atomic E-state index is 6.14. The van der Waals surface area contributed by atoms with Crippen molar-refractivity contribution in [2.75, 3.05) is 6.61 Å². The molecule has 1 heterocycles. The normalized spacial score (nSPS) is 12.9. The summed E-state index contributed by atoms with van der Waals surface area (Å²) in [5, 5.41) is 4.40. The van der Waals surface area contributed by atoms with Crippen molar-refractivity contribution in [1.82, 2.24) is 10.1 Å². The summed E-state index contributed by atoms with van der Waals surface area (Å²) in [5.74, 6) is 0.747. The first-order chi connectivity index (χ1) is 9.47. The van der Waals surface area contributed by atoms with Crippen molar-refractivity contribution in [3.05, 3.63) is 33.5 Å². The fourth-order valence-electron chi connectivity index (χ4n) is 1.53. The standard InChI is InChI=1S/C13H15BrClN3O2/c1-7(2)19-6-11(16)12-17-13(20-18-12)9-4-3-8(14)5-10(9)15/h3-5,7,11H,6,16H2,1-2H3. The molecule has 0 bridgehead atoms. The Balaban J connectivity index is 2.16. The second-order valence-electron chi connectivity index (χ2n) is 4.57. The molecule has 5 nitrogen and oxygen atoms in total. The van der Waals surface area contributed by atoms with Gasteiger partial charge in [-0.2, -0.15) is 4.98 Å². The molecule has 7 heteroatoms. The molecule has 2 N–H and O–H groups in total. The molecule has 1 aromatic carbocycles. The van der Waals surface area contributed by atoms with Gasteiger partial charge in [0, 0.05) is 4.47 Å². The maximum atomic E-state index is 6.14. The Morgan fingerprint density at radius 2 is 2.20 bits per heavy atom. The van der Waals surface area contributed by atoms with Crippen LogP contribution in [0.15, 0.2) is 27.2 Å². The third-order valence-electron chi connectivity index (χ3n) is 2.54. The van der Waals surface area contributed by atoms with Crippen LogP contribution in [-0.4, -0.2) is 22.9 Å². The summed E-state index contributed by atoms with van der Waals surface area (Å²) in [6.45, 7) is 4.22. The zero-order valence-corrected chi connectivity index (χ0v) is 13.5. The van der Waals surface area contributed by atoms with Gasteiger partial charge in [-0.3, -0.25) is 0 Å². The summed E-state index contributed by atoms with van der Waals surface area (Å²) < 4.78 is 11.5. The molecule has 0 saturated heterocycles. The number of nitrogens with zero attached hydrogens (tertiary/aromatic N) is 2. The quantitative estimate of drug-likeness (QED) is 0.882. The molecule has 0 radical (unpaired) electrons. The minimum Gasteiger partial charge on any atom is -0.377 e. The van der Waals surface area contributed by atoms with Gasteiger partial charge in [0.2, 0.25) is 0 Å². The minimum absolute atomic E-state index is 0.105. The van der Waals surface area contributed by atoms with E-state index in [1.54, 1.807) is 12.1 Å². The van der Waals surface area contributed by atoms with E-state index in [-0.39, 0.29) is 6.10 Å². The van der Waals surface area contributed by atoms with E-state index in [0.717, 1.165) is 4.47 Å². The molecule has 0 amide bonds.